The Bertz CT molecular complexity index is 899. The van der Waals surface area contributed by atoms with Crippen molar-refractivity contribution in [1.82, 2.24) is 5.32 Å². The molecule has 0 unspecified atom stereocenters. The molecule has 0 radical (unpaired) electrons. The van der Waals surface area contributed by atoms with E-state index in [0.717, 1.165) is 22.3 Å². The Morgan fingerprint density at radius 2 is 2.08 bits per heavy atom. The third-order valence-corrected chi connectivity index (χ3v) is 3.78. The van der Waals surface area contributed by atoms with E-state index in [1.807, 2.05) is 36.4 Å². The molecule has 0 aliphatic heterocycles. The predicted octanol–water partition coefficient (Wildman–Crippen LogP) is 4.42. The summed E-state index contributed by atoms with van der Waals surface area (Å²) in [5, 5.41) is 4.36. The van der Waals surface area contributed by atoms with E-state index < -0.39 is 0 Å². The van der Waals surface area contributed by atoms with Gasteiger partial charge in [0.1, 0.15) is 17.1 Å². The maximum atomic E-state index is 12.0. The first-order valence-electron chi connectivity index (χ1n) is 7.42. The van der Waals surface area contributed by atoms with Crippen molar-refractivity contribution in [3.63, 3.8) is 0 Å². The third-order valence-electron chi connectivity index (χ3n) is 3.54. The number of furan rings is 1. The first-order valence-corrected chi connectivity index (χ1v) is 7.80. The van der Waals surface area contributed by atoms with Crippen LogP contribution in [0.1, 0.15) is 11.3 Å². The summed E-state index contributed by atoms with van der Waals surface area (Å²) in [5.74, 6) is 1.13. The zero-order valence-corrected chi connectivity index (χ0v) is 13.8. The van der Waals surface area contributed by atoms with Gasteiger partial charge < -0.3 is 14.5 Å². The van der Waals surface area contributed by atoms with E-state index in [2.05, 4.69) is 5.32 Å². The average Bonchev–Trinajstić information content (AvgIpc) is 3.00. The molecule has 2 aromatic carbocycles. The van der Waals surface area contributed by atoms with Gasteiger partial charge in [-0.2, -0.15) is 0 Å². The number of para-hydroxylation sites is 1. The van der Waals surface area contributed by atoms with Gasteiger partial charge in [0.2, 0.25) is 5.91 Å². The van der Waals surface area contributed by atoms with Crippen LogP contribution in [-0.4, -0.2) is 13.0 Å². The molecule has 1 heterocycles. The van der Waals surface area contributed by atoms with Gasteiger partial charge in [-0.25, -0.2) is 0 Å². The molecule has 24 heavy (non-hydrogen) atoms. The summed E-state index contributed by atoms with van der Waals surface area (Å²) in [6.45, 7) is 0.392. The predicted molar refractivity (Wildman–Crippen MR) is 95.1 cm³/mol. The number of carbonyl (C=O) groups is 1. The van der Waals surface area contributed by atoms with Gasteiger partial charge in [-0.1, -0.05) is 29.8 Å². The van der Waals surface area contributed by atoms with Crippen LogP contribution < -0.4 is 10.1 Å². The van der Waals surface area contributed by atoms with Crippen LogP contribution in [0.2, 0.25) is 5.02 Å². The number of hydrogen-bond donors (Lipinski definition) is 1. The lowest BCUT2D eigenvalue weighted by Crippen LogP contribution is -2.20. The Balaban J connectivity index is 1.64. The monoisotopic (exact) mass is 341 g/mol. The second kappa shape index (κ2) is 7.23. The molecule has 0 aliphatic carbocycles. The lowest BCUT2D eigenvalue weighted by Gasteiger charge is -2.08. The number of halogens is 1. The summed E-state index contributed by atoms with van der Waals surface area (Å²) < 4.78 is 10.9. The molecule has 3 aromatic rings. The van der Waals surface area contributed by atoms with E-state index in [4.69, 9.17) is 20.8 Å². The average molecular weight is 342 g/mol. The number of rotatable bonds is 5. The molecule has 1 amide bonds. The quantitative estimate of drug-likeness (QED) is 0.699. The van der Waals surface area contributed by atoms with Crippen LogP contribution in [0, 0.1) is 0 Å². The molecule has 0 atom stereocenters. The van der Waals surface area contributed by atoms with Crippen LogP contribution in [0.25, 0.3) is 17.0 Å². The molecule has 3 rings (SSSR count). The Morgan fingerprint density at radius 1 is 1.25 bits per heavy atom. The van der Waals surface area contributed by atoms with Gasteiger partial charge in [0.15, 0.2) is 0 Å². The van der Waals surface area contributed by atoms with Crippen LogP contribution in [0.4, 0.5) is 0 Å². The van der Waals surface area contributed by atoms with Gasteiger partial charge in [-0.3, -0.25) is 4.79 Å². The van der Waals surface area contributed by atoms with E-state index in [0.29, 0.717) is 17.3 Å². The zero-order valence-electron chi connectivity index (χ0n) is 13.1. The first kappa shape index (κ1) is 16.1. The van der Waals surface area contributed by atoms with Crippen LogP contribution in [-0.2, 0) is 11.3 Å². The van der Waals surface area contributed by atoms with E-state index in [1.54, 1.807) is 25.3 Å². The van der Waals surface area contributed by atoms with E-state index in [-0.39, 0.29) is 5.91 Å². The summed E-state index contributed by atoms with van der Waals surface area (Å²) in [6.07, 6.45) is 3.07. The van der Waals surface area contributed by atoms with Crippen LogP contribution in [0.3, 0.4) is 0 Å². The van der Waals surface area contributed by atoms with Gasteiger partial charge >= 0.3 is 0 Å². The molecule has 1 N–H and O–H groups in total. The number of nitrogens with one attached hydrogen (secondary N) is 1. The summed E-state index contributed by atoms with van der Waals surface area (Å²) >= 11 is 5.95. The molecule has 1 aromatic heterocycles. The first-order chi connectivity index (χ1) is 11.7. The molecule has 0 bridgehead atoms. The lowest BCUT2D eigenvalue weighted by molar-refractivity contribution is -0.116. The van der Waals surface area contributed by atoms with Crippen molar-refractivity contribution >= 4 is 34.6 Å². The number of benzene rings is 2. The van der Waals surface area contributed by atoms with Gasteiger partial charge in [0.05, 0.1) is 7.11 Å². The van der Waals surface area contributed by atoms with Crippen molar-refractivity contribution < 1.29 is 13.9 Å². The van der Waals surface area contributed by atoms with Crippen molar-refractivity contribution in [1.29, 1.82) is 0 Å². The summed E-state index contributed by atoms with van der Waals surface area (Å²) in [5.41, 5.74) is 1.65. The maximum Gasteiger partial charge on any atom is 0.244 e. The molecule has 0 saturated heterocycles. The minimum atomic E-state index is -0.209. The number of fused-ring (bicyclic) bond motifs is 1. The smallest absolute Gasteiger partial charge is 0.244 e. The number of ether oxygens (including phenoxy) is 1. The number of hydrogen-bond acceptors (Lipinski definition) is 3. The fourth-order valence-electron chi connectivity index (χ4n) is 2.36. The van der Waals surface area contributed by atoms with Crippen molar-refractivity contribution in [2.24, 2.45) is 0 Å². The van der Waals surface area contributed by atoms with Crippen LogP contribution in [0.15, 0.2) is 59.0 Å². The zero-order chi connectivity index (χ0) is 16.9. The normalized spacial score (nSPS) is 11.1. The fourth-order valence-corrected chi connectivity index (χ4v) is 2.55. The summed E-state index contributed by atoms with van der Waals surface area (Å²) in [6, 6.07) is 14.8. The van der Waals surface area contributed by atoms with Crippen molar-refractivity contribution in [3.8, 4) is 5.75 Å². The molecule has 122 valence electrons. The summed E-state index contributed by atoms with van der Waals surface area (Å²) in [7, 11) is 1.61. The van der Waals surface area contributed by atoms with Crippen LogP contribution in [0.5, 0.6) is 5.75 Å². The van der Waals surface area contributed by atoms with Crippen molar-refractivity contribution in [2.75, 3.05) is 7.11 Å². The maximum absolute atomic E-state index is 12.0. The molecule has 5 heteroatoms. The lowest BCUT2D eigenvalue weighted by atomic mass is 10.2. The van der Waals surface area contributed by atoms with Gasteiger partial charge in [-0.15, -0.1) is 0 Å². The van der Waals surface area contributed by atoms with E-state index >= 15 is 0 Å². The molecule has 4 nitrogen and oxygen atoms in total. The Morgan fingerprint density at radius 3 is 2.92 bits per heavy atom. The second-order valence-corrected chi connectivity index (χ2v) is 5.63. The van der Waals surface area contributed by atoms with E-state index in [9.17, 15) is 4.79 Å². The largest absolute Gasteiger partial charge is 0.496 e. The van der Waals surface area contributed by atoms with Gasteiger partial charge in [0.25, 0.3) is 0 Å². The topological polar surface area (TPSA) is 51.5 Å². The molecule has 0 fully saturated rings. The minimum Gasteiger partial charge on any atom is -0.496 e. The number of amides is 1. The SMILES string of the molecule is COc1ccccc1CNC(=O)C=Cc1cc2cc(Cl)ccc2o1. The van der Waals surface area contributed by atoms with E-state index in [1.165, 1.54) is 6.08 Å². The van der Waals surface area contributed by atoms with Gasteiger partial charge in [0, 0.05) is 28.6 Å². The molecule has 0 aliphatic rings. The highest BCUT2D eigenvalue weighted by molar-refractivity contribution is 6.31. The highest BCUT2D eigenvalue weighted by Gasteiger charge is 2.04. The molecule has 0 spiro atoms. The Hall–Kier alpha value is -2.72. The molecule has 0 saturated carbocycles. The van der Waals surface area contributed by atoms with Crippen LogP contribution >= 0.6 is 11.6 Å². The number of carbonyl (C=O) groups excluding carboxylic acids is 1. The van der Waals surface area contributed by atoms with Crippen molar-refractivity contribution in [3.05, 3.63) is 71.0 Å². The Kier molecular flexibility index (Phi) is 4.87. The highest BCUT2D eigenvalue weighted by Crippen LogP contribution is 2.23. The second-order valence-electron chi connectivity index (χ2n) is 5.19. The van der Waals surface area contributed by atoms with Crippen molar-refractivity contribution in [2.45, 2.75) is 6.54 Å². The highest BCUT2D eigenvalue weighted by atomic mass is 35.5. The number of methoxy groups -OCH3 is 1. The Labute approximate surface area is 144 Å². The fraction of sp³-hybridized carbons (Fsp3) is 0.105. The summed E-state index contributed by atoms with van der Waals surface area (Å²) in [4.78, 5) is 12.0. The minimum absolute atomic E-state index is 0.209. The van der Waals surface area contributed by atoms with Gasteiger partial charge in [-0.05, 0) is 36.4 Å². The standard InChI is InChI=1S/C19H16ClNO3/c1-23-17-5-3-2-4-13(17)12-21-19(22)9-7-16-11-14-10-15(20)6-8-18(14)24-16/h2-11H,12H2,1H3,(H,21,22). The molecular weight excluding hydrogens is 326 g/mol. The molecular formula is C19H16ClNO3. The third kappa shape index (κ3) is 3.78.